The van der Waals surface area contributed by atoms with Crippen LogP contribution >= 0.6 is 15.6 Å². The highest BCUT2D eigenvalue weighted by Gasteiger charge is 2.30. The number of rotatable bonds is 74. The van der Waals surface area contributed by atoms with Crippen molar-refractivity contribution in [3.8, 4) is 0 Å². The van der Waals surface area contributed by atoms with E-state index in [0.29, 0.717) is 25.7 Å². The monoisotopic (exact) mass is 1370 g/mol. The predicted octanol–water partition coefficient (Wildman–Crippen LogP) is 21.7. The van der Waals surface area contributed by atoms with Gasteiger partial charge in [-0.25, -0.2) is 9.13 Å². The Morgan fingerprint density at radius 2 is 0.516 bits per heavy atom. The van der Waals surface area contributed by atoms with Gasteiger partial charge in [0.1, 0.15) is 19.3 Å². The Bertz CT molecular complexity index is 1790. The summed E-state index contributed by atoms with van der Waals surface area (Å²) in [5.74, 6) is -1.31. The molecule has 0 spiro atoms. The molecule has 19 heteroatoms. The molecule has 6 atom stereocenters. The fraction of sp³-hybridized carbons (Fsp3) is 0.946. The number of esters is 4. The second-order valence-corrected chi connectivity index (χ2v) is 29.8. The molecule has 0 heterocycles. The van der Waals surface area contributed by atoms with Gasteiger partial charge in [-0.15, -0.1) is 0 Å². The quantitative estimate of drug-likeness (QED) is 0.0222. The normalized spacial score (nSPS) is 14.3. The van der Waals surface area contributed by atoms with Crippen LogP contribution in [0.15, 0.2) is 0 Å². The van der Waals surface area contributed by atoms with Crippen LogP contribution < -0.4 is 0 Å². The zero-order valence-corrected chi connectivity index (χ0v) is 62.2. The molecule has 0 bridgehead atoms. The van der Waals surface area contributed by atoms with E-state index in [4.69, 9.17) is 37.0 Å². The maximum absolute atomic E-state index is 13.1. The van der Waals surface area contributed by atoms with Crippen LogP contribution in [0.2, 0.25) is 0 Å². The zero-order chi connectivity index (χ0) is 68.4. The minimum atomic E-state index is -4.95. The first-order valence-electron chi connectivity index (χ1n) is 38.7. The highest BCUT2D eigenvalue weighted by atomic mass is 31.2. The Hall–Kier alpha value is -1.94. The fourth-order valence-corrected chi connectivity index (χ4v) is 12.9. The van der Waals surface area contributed by atoms with Gasteiger partial charge in [-0.3, -0.25) is 37.3 Å². The molecule has 0 saturated heterocycles. The van der Waals surface area contributed by atoms with Crippen LogP contribution in [0.1, 0.15) is 388 Å². The molecule has 17 nitrogen and oxygen atoms in total. The summed E-state index contributed by atoms with van der Waals surface area (Å²) in [7, 11) is -9.90. The van der Waals surface area contributed by atoms with Crippen molar-refractivity contribution in [2.75, 3.05) is 39.6 Å². The first-order chi connectivity index (χ1) is 45.1. The second kappa shape index (κ2) is 67.3. The number of carbonyl (C=O) groups is 4. The molecule has 0 aliphatic heterocycles. The number of unbranched alkanes of at least 4 members (excludes halogenated alkanes) is 45. The second-order valence-electron chi connectivity index (χ2n) is 26.9. The first-order valence-corrected chi connectivity index (χ1v) is 41.7. The van der Waals surface area contributed by atoms with Crippen LogP contribution in [0.25, 0.3) is 0 Å². The van der Waals surface area contributed by atoms with Crippen LogP contribution in [0.5, 0.6) is 0 Å². The van der Waals surface area contributed by atoms with E-state index in [1.165, 1.54) is 212 Å². The number of hydrogen-bond acceptors (Lipinski definition) is 15. The Kier molecular flexibility index (Phi) is 65.9. The molecule has 93 heavy (non-hydrogen) atoms. The van der Waals surface area contributed by atoms with Gasteiger partial charge in [0, 0.05) is 25.7 Å². The van der Waals surface area contributed by atoms with Crippen molar-refractivity contribution >= 4 is 39.5 Å². The highest BCUT2D eigenvalue weighted by molar-refractivity contribution is 7.47. The predicted molar refractivity (Wildman–Crippen MR) is 377 cm³/mol. The van der Waals surface area contributed by atoms with E-state index >= 15 is 0 Å². The molecule has 0 aliphatic carbocycles. The van der Waals surface area contributed by atoms with Crippen molar-refractivity contribution in [1.82, 2.24) is 0 Å². The number of carbonyl (C=O) groups excluding carboxylic acids is 4. The van der Waals surface area contributed by atoms with Gasteiger partial charge in [0.25, 0.3) is 0 Å². The molecule has 0 aromatic rings. The van der Waals surface area contributed by atoms with Gasteiger partial charge in [-0.2, -0.15) is 0 Å². The van der Waals surface area contributed by atoms with E-state index in [0.717, 1.165) is 95.8 Å². The van der Waals surface area contributed by atoms with Crippen LogP contribution in [0.3, 0.4) is 0 Å². The van der Waals surface area contributed by atoms with E-state index in [9.17, 15) is 43.2 Å². The lowest BCUT2D eigenvalue weighted by Crippen LogP contribution is -2.30. The third kappa shape index (κ3) is 67.0. The summed E-state index contributed by atoms with van der Waals surface area (Å²) < 4.78 is 68.4. The van der Waals surface area contributed by atoms with Crippen LogP contribution in [-0.4, -0.2) is 96.7 Å². The lowest BCUT2D eigenvalue weighted by molar-refractivity contribution is -0.161. The lowest BCUT2D eigenvalue weighted by Gasteiger charge is -2.21. The van der Waals surface area contributed by atoms with Gasteiger partial charge in [-0.05, 0) is 31.6 Å². The Morgan fingerprint density at radius 1 is 0.301 bits per heavy atom. The zero-order valence-electron chi connectivity index (χ0n) is 60.4. The Morgan fingerprint density at radius 3 is 0.763 bits per heavy atom. The summed E-state index contributed by atoms with van der Waals surface area (Å²) >= 11 is 0. The number of aliphatic hydroxyl groups is 1. The number of ether oxygens (including phenoxy) is 4. The van der Waals surface area contributed by atoms with Crippen molar-refractivity contribution in [1.29, 1.82) is 0 Å². The Balaban J connectivity index is 5.21. The molecule has 552 valence electrons. The van der Waals surface area contributed by atoms with Crippen LogP contribution in [0.4, 0.5) is 0 Å². The van der Waals surface area contributed by atoms with Crippen molar-refractivity contribution in [3.05, 3.63) is 0 Å². The minimum absolute atomic E-state index is 0.107. The van der Waals surface area contributed by atoms with Crippen molar-refractivity contribution in [2.24, 2.45) is 5.92 Å². The molecular formula is C74H144O17P2. The molecule has 3 N–H and O–H groups in total. The largest absolute Gasteiger partial charge is 0.472 e. The smallest absolute Gasteiger partial charge is 0.462 e. The molecule has 0 aromatic heterocycles. The molecule has 0 aliphatic rings. The third-order valence-corrected chi connectivity index (χ3v) is 19.5. The fourth-order valence-electron chi connectivity index (χ4n) is 11.3. The van der Waals surface area contributed by atoms with E-state index < -0.39 is 97.5 Å². The number of aliphatic hydroxyl groups excluding tert-OH is 1. The lowest BCUT2D eigenvalue weighted by atomic mass is 9.99. The van der Waals surface area contributed by atoms with Gasteiger partial charge in [0.15, 0.2) is 12.2 Å². The van der Waals surface area contributed by atoms with E-state index in [-0.39, 0.29) is 25.7 Å². The van der Waals surface area contributed by atoms with Gasteiger partial charge in [0.2, 0.25) is 0 Å². The average molecular weight is 1370 g/mol. The highest BCUT2D eigenvalue weighted by Crippen LogP contribution is 2.45. The molecule has 0 amide bonds. The molecule has 0 saturated carbocycles. The standard InChI is InChI=1S/C74H144O17P2/c1-6-10-13-16-19-22-25-26-27-28-29-30-31-32-33-40-45-50-55-60-74(79)91-70(64-85-72(77)58-53-48-43-39-35-34-36-41-46-51-56-67(5)9-4)66-89-93(82,83)87-62-68(75)61-86-92(80,81)88-65-69(90-73(78)59-54-49-44-38-24-21-18-15-12-8-3)63-84-71(76)57-52-47-42-37-23-20-17-14-11-7-2/h67-70,75H,6-66H2,1-5H3,(H,80,81)(H,82,83)/t67?,68-,69+,70+/m0/s1. The van der Waals surface area contributed by atoms with Crippen molar-refractivity contribution in [3.63, 3.8) is 0 Å². The molecule has 3 unspecified atom stereocenters. The Labute approximate surface area is 568 Å². The summed E-state index contributed by atoms with van der Waals surface area (Å²) in [5, 5.41) is 10.6. The van der Waals surface area contributed by atoms with E-state index in [1.54, 1.807) is 0 Å². The first kappa shape index (κ1) is 91.1. The SMILES string of the molecule is CCCCCCCCCCCCCCCCCCCCCC(=O)O[C@H](COC(=O)CCCCCCCCCCCCC(C)CC)COP(=O)(O)OC[C@@H](O)COP(=O)(O)OC[C@@H](COC(=O)CCCCCCCCCCCC)OC(=O)CCCCCCCCCCCC. The number of phosphoric ester groups is 2. The topological polar surface area (TPSA) is 237 Å². The summed E-state index contributed by atoms with van der Waals surface area (Å²) in [4.78, 5) is 72.7. The van der Waals surface area contributed by atoms with Crippen LogP contribution in [0, 0.1) is 5.92 Å². The van der Waals surface area contributed by atoms with E-state index in [2.05, 4.69) is 34.6 Å². The molecular weight excluding hydrogens is 1220 g/mol. The number of hydrogen-bond donors (Lipinski definition) is 3. The molecule has 0 radical (unpaired) electrons. The number of phosphoric acid groups is 2. The van der Waals surface area contributed by atoms with Crippen molar-refractivity contribution < 1.29 is 80.2 Å². The van der Waals surface area contributed by atoms with Gasteiger partial charge >= 0.3 is 39.5 Å². The molecule has 0 fully saturated rings. The summed E-state index contributed by atoms with van der Waals surface area (Å²) in [6.07, 6.45) is 55.4. The van der Waals surface area contributed by atoms with E-state index in [1.807, 2.05) is 0 Å². The summed E-state index contributed by atoms with van der Waals surface area (Å²) in [6, 6.07) is 0. The average Bonchev–Trinajstić information content (AvgIpc) is 2.71. The maximum atomic E-state index is 13.1. The summed E-state index contributed by atoms with van der Waals surface area (Å²) in [6.45, 7) is 7.29. The maximum Gasteiger partial charge on any atom is 0.472 e. The third-order valence-electron chi connectivity index (χ3n) is 17.6. The molecule has 0 rings (SSSR count). The van der Waals surface area contributed by atoms with Gasteiger partial charge in [0.05, 0.1) is 26.4 Å². The van der Waals surface area contributed by atoms with Gasteiger partial charge in [-0.1, -0.05) is 336 Å². The van der Waals surface area contributed by atoms with Crippen molar-refractivity contribution in [2.45, 2.75) is 406 Å². The molecule has 0 aromatic carbocycles. The van der Waals surface area contributed by atoms with Crippen LogP contribution in [-0.2, 0) is 65.4 Å². The minimum Gasteiger partial charge on any atom is -0.462 e. The van der Waals surface area contributed by atoms with Gasteiger partial charge < -0.3 is 33.8 Å². The summed E-state index contributed by atoms with van der Waals surface area (Å²) in [5.41, 5.74) is 0.